The molecular formula is C13H19ClN2O3S. The van der Waals surface area contributed by atoms with E-state index in [0.717, 1.165) is 13.0 Å². The maximum absolute atomic E-state index is 12.5. The minimum Gasteiger partial charge on any atom is -0.497 e. The molecule has 0 radical (unpaired) electrons. The van der Waals surface area contributed by atoms with Gasteiger partial charge < -0.3 is 10.1 Å². The van der Waals surface area contributed by atoms with E-state index in [1.807, 2.05) is 6.92 Å². The molecule has 0 saturated carbocycles. The Morgan fingerprint density at radius 3 is 2.85 bits per heavy atom. The van der Waals surface area contributed by atoms with Crippen LogP contribution >= 0.6 is 11.6 Å². The predicted octanol–water partition coefficient (Wildman–Crippen LogP) is 1.62. The molecule has 2 rings (SSSR count). The van der Waals surface area contributed by atoms with Gasteiger partial charge in [0.1, 0.15) is 10.6 Å². The lowest BCUT2D eigenvalue weighted by molar-refractivity contribution is 0.327. The summed E-state index contributed by atoms with van der Waals surface area (Å²) in [6, 6.07) is 4.46. The second-order valence-electron chi connectivity index (χ2n) is 4.99. The van der Waals surface area contributed by atoms with E-state index in [2.05, 4.69) is 10.0 Å². The minimum atomic E-state index is -3.66. The van der Waals surface area contributed by atoms with Gasteiger partial charge in [-0.25, -0.2) is 13.1 Å². The summed E-state index contributed by atoms with van der Waals surface area (Å²) >= 11 is 6.00. The van der Waals surface area contributed by atoms with Crippen molar-refractivity contribution in [3.63, 3.8) is 0 Å². The van der Waals surface area contributed by atoms with E-state index in [-0.39, 0.29) is 21.9 Å². The Hall–Kier alpha value is -0.820. The SMILES string of the molecule is COc1ccc(Cl)c(S(=O)(=O)NC2CNCCC2C)c1. The molecule has 5 nitrogen and oxygen atoms in total. The molecule has 2 N–H and O–H groups in total. The molecule has 1 aliphatic heterocycles. The van der Waals surface area contributed by atoms with Crippen LogP contribution in [-0.4, -0.2) is 34.7 Å². The van der Waals surface area contributed by atoms with Crippen LogP contribution in [0.3, 0.4) is 0 Å². The Bertz CT molecular complexity index is 577. The van der Waals surface area contributed by atoms with Gasteiger partial charge in [-0.1, -0.05) is 18.5 Å². The predicted molar refractivity (Wildman–Crippen MR) is 78.8 cm³/mol. The van der Waals surface area contributed by atoms with Crippen LogP contribution in [0, 0.1) is 5.92 Å². The van der Waals surface area contributed by atoms with Crippen molar-refractivity contribution in [3.8, 4) is 5.75 Å². The Morgan fingerprint density at radius 2 is 2.20 bits per heavy atom. The highest BCUT2D eigenvalue weighted by atomic mass is 35.5. The quantitative estimate of drug-likeness (QED) is 0.885. The molecular weight excluding hydrogens is 300 g/mol. The summed E-state index contributed by atoms with van der Waals surface area (Å²) < 4.78 is 32.7. The molecule has 0 aliphatic carbocycles. The molecule has 1 saturated heterocycles. The van der Waals surface area contributed by atoms with Gasteiger partial charge in [-0.15, -0.1) is 0 Å². The van der Waals surface area contributed by atoms with Crippen molar-refractivity contribution in [3.05, 3.63) is 23.2 Å². The topological polar surface area (TPSA) is 67.4 Å². The van der Waals surface area contributed by atoms with Crippen molar-refractivity contribution in [1.82, 2.24) is 10.0 Å². The van der Waals surface area contributed by atoms with Gasteiger partial charge in [0.05, 0.1) is 12.1 Å². The molecule has 1 heterocycles. The Labute approximate surface area is 124 Å². The number of methoxy groups -OCH3 is 1. The standard InChI is InChI=1S/C13H19ClN2O3S/c1-9-5-6-15-8-12(9)16-20(17,18)13-7-10(19-2)3-4-11(13)14/h3-4,7,9,12,15-16H,5-6,8H2,1-2H3. The number of rotatable bonds is 4. The van der Waals surface area contributed by atoms with Gasteiger partial charge >= 0.3 is 0 Å². The summed E-state index contributed by atoms with van der Waals surface area (Å²) in [4.78, 5) is 0.0521. The lowest BCUT2D eigenvalue weighted by Crippen LogP contribution is -2.50. The third-order valence-electron chi connectivity index (χ3n) is 3.56. The number of hydrogen-bond donors (Lipinski definition) is 2. The van der Waals surface area contributed by atoms with E-state index < -0.39 is 10.0 Å². The molecule has 20 heavy (non-hydrogen) atoms. The molecule has 112 valence electrons. The van der Waals surface area contributed by atoms with E-state index in [1.54, 1.807) is 6.07 Å². The summed E-state index contributed by atoms with van der Waals surface area (Å²) in [6.45, 7) is 3.59. The van der Waals surface area contributed by atoms with Gasteiger partial charge in [0.15, 0.2) is 0 Å². The molecule has 1 aromatic carbocycles. The Kier molecular flexibility index (Phi) is 4.90. The Balaban J connectivity index is 2.25. The van der Waals surface area contributed by atoms with Gasteiger partial charge in [0, 0.05) is 18.7 Å². The maximum atomic E-state index is 12.5. The van der Waals surface area contributed by atoms with Crippen LogP contribution < -0.4 is 14.8 Å². The monoisotopic (exact) mass is 318 g/mol. The second kappa shape index (κ2) is 6.30. The van der Waals surface area contributed by atoms with Gasteiger partial charge in [0.2, 0.25) is 10.0 Å². The average molecular weight is 319 g/mol. The number of benzene rings is 1. The van der Waals surface area contributed by atoms with Crippen LogP contribution in [0.25, 0.3) is 0 Å². The number of nitrogens with one attached hydrogen (secondary N) is 2. The van der Waals surface area contributed by atoms with Gasteiger partial charge in [-0.3, -0.25) is 0 Å². The van der Waals surface area contributed by atoms with Crippen molar-refractivity contribution in [2.45, 2.75) is 24.3 Å². The molecule has 1 aromatic rings. The number of ether oxygens (including phenoxy) is 1. The number of sulfonamides is 1. The maximum Gasteiger partial charge on any atom is 0.242 e. The van der Waals surface area contributed by atoms with Crippen molar-refractivity contribution in [2.75, 3.05) is 20.2 Å². The third-order valence-corrected chi connectivity index (χ3v) is 5.53. The normalized spacial score (nSPS) is 23.6. The van der Waals surface area contributed by atoms with Crippen LogP contribution in [0.2, 0.25) is 5.02 Å². The third kappa shape index (κ3) is 3.44. The molecule has 2 unspecified atom stereocenters. The van der Waals surface area contributed by atoms with Crippen molar-refractivity contribution >= 4 is 21.6 Å². The van der Waals surface area contributed by atoms with Gasteiger partial charge in [0.25, 0.3) is 0 Å². The summed E-state index contributed by atoms with van der Waals surface area (Å²) in [5, 5.41) is 3.38. The minimum absolute atomic E-state index is 0.0521. The summed E-state index contributed by atoms with van der Waals surface area (Å²) in [5.74, 6) is 0.750. The lowest BCUT2D eigenvalue weighted by Gasteiger charge is -2.30. The first-order valence-electron chi connectivity index (χ1n) is 6.50. The molecule has 1 aliphatic rings. The molecule has 0 bridgehead atoms. The number of halogens is 1. The summed E-state index contributed by atoms with van der Waals surface area (Å²) in [5.41, 5.74) is 0. The molecule has 2 atom stereocenters. The van der Waals surface area contributed by atoms with E-state index in [1.165, 1.54) is 19.2 Å². The highest BCUT2D eigenvalue weighted by molar-refractivity contribution is 7.89. The van der Waals surface area contributed by atoms with Crippen LogP contribution in [0.4, 0.5) is 0 Å². The van der Waals surface area contributed by atoms with E-state index in [0.29, 0.717) is 12.3 Å². The molecule has 0 amide bonds. The summed E-state index contributed by atoms with van der Waals surface area (Å²) in [7, 11) is -2.17. The van der Waals surface area contributed by atoms with Crippen LogP contribution in [0.15, 0.2) is 23.1 Å². The smallest absolute Gasteiger partial charge is 0.242 e. The first-order chi connectivity index (χ1) is 9.44. The van der Waals surface area contributed by atoms with Gasteiger partial charge in [-0.2, -0.15) is 0 Å². The number of piperidine rings is 1. The van der Waals surface area contributed by atoms with Crippen molar-refractivity contribution in [1.29, 1.82) is 0 Å². The van der Waals surface area contributed by atoms with Crippen molar-refractivity contribution in [2.24, 2.45) is 5.92 Å². The largest absolute Gasteiger partial charge is 0.497 e. The van der Waals surface area contributed by atoms with E-state index in [4.69, 9.17) is 16.3 Å². The zero-order valence-corrected chi connectivity index (χ0v) is 13.1. The second-order valence-corrected chi connectivity index (χ2v) is 7.08. The Morgan fingerprint density at radius 1 is 1.45 bits per heavy atom. The zero-order valence-electron chi connectivity index (χ0n) is 11.5. The average Bonchev–Trinajstić information content (AvgIpc) is 2.41. The van der Waals surface area contributed by atoms with E-state index >= 15 is 0 Å². The highest BCUT2D eigenvalue weighted by Gasteiger charge is 2.28. The fourth-order valence-corrected chi connectivity index (χ4v) is 4.09. The highest BCUT2D eigenvalue weighted by Crippen LogP contribution is 2.27. The van der Waals surface area contributed by atoms with Crippen molar-refractivity contribution < 1.29 is 13.2 Å². The van der Waals surface area contributed by atoms with E-state index in [9.17, 15) is 8.42 Å². The lowest BCUT2D eigenvalue weighted by atomic mass is 9.96. The fourth-order valence-electron chi connectivity index (χ4n) is 2.23. The fraction of sp³-hybridized carbons (Fsp3) is 0.538. The molecule has 0 spiro atoms. The molecule has 1 fully saturated rings. The van der Waals surface area contributed by atoms with Crippen LogP contribution in [0.5, 0.6) is 5.75 Å². The van der Waals surface area contributed by atoms with Gasteiger partial charge in [-0.05, 0) is 31.0 Å². The first kappa shape index (κ1) is 15.6. The molecule has 7 heteroatoms. The zero-order chi connectivity index (χ0) is 14.8. The summed E-state index contributed by atoms with van der Waals surface area (Å²) in [6.07, 6.45) is 0.943. The first-order valence-corrected chi connectivity index (χ1v) is 8.37. The van der Waals surface area contributed by atoms with Crippen LogP contribution in [-0.2, 0) is 10.0 Å². The van der Waals surface area contributed by atoms with Crippen LogP contribution in [0.1, 0.15) is 13.3 Å². The number of hydrogen-bond acceptors (Lipinski definition) is 4. The molecule has 0 aromatic heterocycles.